The molecule has 27 heavy (non-hydrogen) atoms. The van der Waals surface area contributed by atoms with E-state index in [1.165, 1.54) is 0 Å². The first-order chi connectivity index (χ1) is 13.2. The van der Waals surface area contributed by atoms with Gasteiger partial charge in [0.05, 0.1) is 24.5 Å². The number of ether oxygens (including phenoxy) is 1. The van der Waals surface area contributed by atoms with E-state index in [-0.39, 0.29) is 0 Å². The van der Waals surface area contributed by atoms with E-state index in [1.54, 1.807) is 13.3 Å². The molecule has 0 atom stereocenters. The Morgan fingerprint density at radius 1 is 1.04 bits per heavy atom. The van der Waals surface area contributed by atoms with Gasteiger partial charge >= 0.3 is 0 Å². The fourth-order valence-corrected chi connectivity index (χ4v) is 3.35. The number of benzene rings is 3. The molecule has 1 aromatic heterocycles. The normalized spacial score (nSPS) is 11.4. The predicted octanol–water partition coefficient (Wildman–Crippen LogP) is 5.80. The molecule has 4 nitrogen and oxygen atoms in total. The zero-order valence-electron chi connectivity index (χ0n) is 15.0. The van der Waals surface area contributed by atoms with E-state index in [4.69, 9.17) is 16.3 Å². The first-order valence-electron chi connectivity index (χ1n) is 8.57. The van der Waals surface area contributed by atoms with Crippen molar-refractivity contribution < 1.29 is 4.74 Å². The monoisotopic (exact) mass is 375 g/mol. The topological polar surface area (TPSA) is 46.5 Å². The molecule has 1 N–H and O–H groups in total. The number of hydrogen-bond donors (Lipinski definition) is 1. The van der Waals surface area contributed by atoms with Crippen LogP contribution in [0.25, 0.3) is 21.7 Å². The van der Waals surface area contributed by atoms with Crippen LogP contribution in [0.5, 0.6) is 5.75 Å². The van der Waals surface area contributed by atoms with E-state index in [2.05, 4.69) is 27.6 Å². The van der Waals surface area contributed by atoms with Gasteiger partial charge in [0.1, 0.15) is 5.75 Å². The number of nitrogens with one attached hydrogen (secondary N) is 1. The minimum atomic E-state index is 0.663. The molecule has 0 radical (unpaired) electrons. The molecule has 3 aromatic carbocycles. The molecular formula is C22H18ClN3O. The summed E-state index contributed by atoms with van der Waals surface area (Å²) in [5.41, 5.74) is 6.68. The number of fused-ring (bicyclic) bond motifs is 2. The third kappa shape index (κ3) is 3.44. The number of nitrogens with zero attached hydrogens (tertiary/aromatic N) is 2. The Balaban J connectivity index is 1.73. The van der Waals surface area contributed by atoms with E-state index >= 15 is 0 Å². The first kappa shape index (κ1) is 17.3. The van der Waals surface area contributed by atoms with Gasteiger partial charge in [0.15, 0.2) is 0 Å². The van der Waals surface area contributed by atoms with Gasteiger partial charge in [-0.1, -0.05) is 41.9 Å². The number of anilines is 1. The van der Waals surface area contributed by atoms with Crippen molar-refractivity contribution in [3.8, 4) is 5.75 Å². The second-order valence-corrected chi connectivity index (χ2v) is 6.68. The second-order valence-electron chi connectivity index (χ2n) is 6.25. The van der Waals surface area contributed by atoms with Crippen LogP contribution >= 0.6 is 11.6 Å². The first-order valence-corrected chi connectivity index (χ1v) is 8.95. The van der Waals surface area contributed by atoms with Crippen molar-refractivity contribution in [1.29, 1.82) is 0 Å². The Bertz CT molecular complexity index is 1170. The highest BCUT2D eigenvalue weighted by atomic mass is 35.5. The van der Waals surface area contributed by atoms with E-state index < -0.39 is 0 Å². The largest absolute Gasteiger partial charge is 0.496 e. The summed E-state index contributed by atoms with van der Waals surface area (Å²) in [5, 5.41) is 8.32. The highest BCUT2D eigenvalue weighted by Crippen LogP contribution is 2.28. The molecule has 0 amide bonds. The molecule has 0 saturated heterocycles. The molecule has 0 aliphatic heterocycles. The molecule has 0 fully saturated rings. The average Bonchev–Trinajstić information content (AvgIpc) is 2.67. The van der Waals surface area contributed by atoms with Crippen molar-refractivity contribution >= 4 is 45.2 Å². The molecule has 0 unspecified atom stereocenters. The summed E-state index contributed by atoms with van der Waals surface area (Å²) in [7, 11) is 1.67. The van der Waals surface area contributed by atoms with Crippen LogP contribution in [0.4, 0.5) is 5.69 Å². The lowest BCUT2D eigenvalue weighted by atomic mass is 10.0. The molecule has 0 aliphatic carbocycles. The third-order valence-electron chi connectivity index (χ3n) is 4.43. The SMILES string of the molecule is COc1ccc2ccccc2c1/C=N/Nc1cc(C)nc2cc(Cl)ccc12. The van der Waals surface area contributed by atoms with Crippen LogP contribution in [-0.4, -0.2) is 18.3 Å². The predicted molar refractivity (Wildman–Crippen MR) is 113 cm³/mol. The Hall–Kier alpha value is -3.11. The van der Waals surface area contributed by atoms with E-state index in [0.717, 1.165) is 44.4 Å². The molecule has 0 bridgehead atoms. The van der Waals surface area contributed by atoms with Crippen LogP contribution in [0.1, 0.15) is 11.3 Å². The highest BCUT2D eigenvalue weighted by molar-refractivity contribution is 6.31. The van der Waals surface area contributed by atoms with E-state index in [0.29, 0.717) is 5.02 Å². The van der Waals surface area contributed by atoms with Gasteiger partial charge < -0.3 is 4.74 Å². The van der Waals surface area contributed by atoms with Crippen molar-refractivity contribution in [2.45, 2.75) is 6.92 Å². The number of rotatable bonds is 4. The summed E-state index contributed by atoms with van der Waals surface area (Å²) in [4.78, 5) is 4.54. The van der Waals surface area contributed by atoms with Crippen LogP contribution in [0.2, 0.25) is 5.02 Å². The second kappa shape index (κ2) is 7.25. The minimum Gasteiger partial charge on any atom is -0.496 e. The lowest BCUT2D eigenvalue weighted by Gasteiger charge is -2.10. The zero-order valence-corrected chi connectivity index (χ0v) is 15.8. The quantitative estimate of drug-likeness (QED) is 0.362. The van der Waals surface area contributed by atoms with Crippen molar-refractivity contribution in [3.63, 3.8) is 0 Å². The average molecular weight is 376 g/mol. The summed E-state index contributed by atoms with van der Waals surface area (Å²) < 4.78 is 5.52. The van der Waals surface area contributed by atoms with Crippen molar-refractivity contribution in [3.05, 3.63) is 76.9 Å². The Morgan fingerprint density at radius 3 is 2.74 bits per heavy atom. The van der Waals surface area contributed by atoms with Crippen molar-refractivity contribution in [2.24, 2.45) is 5.10 Å². The molecule has 4 aromatic rings. The highest BCUT2D eigenvalue weighted by Gasteiger charge is 2.07. The summed E-state index contributed by atoms with van der Waals surface area (Å²) in [6.45, 7) is 1.95. The molecule has 0 spiro atoms. The molecule has 4 rings (SSSR count). The van der Waals surface area contributed by atoms with Gasteiger partial charge in [-0.25, -0.2) is 0 Å². The van der Waals surface area contributed by atoms with Crippen molar-refractivity contribution in [1.82, 2.24) is 4.98 Å². The minimum absolute atomic E-state index is 0.663. The summed E-state index contributed by atoms with van der Waals surface area (Å²) >= 11 is 6.09. The van der Waals surface area contributed by atoms with Gasteiger partial charge in [-0.3, -0.25) is 10.4 Å². The molecule has 1 heterocycles. The summed E-state index contributed by atoms with van der Waals surface area (Å²) in [6.07, 6.45) is 1.79. The number of aromatic nitrogens is 1. The van der Waals surface area contributed by atoms with Gasteiger partial charge in [0, 0.05) is 21.7 Å². The molecule has 5 heteroatoms. The molecule has 134 valence electrons. The fraction of sp³-hybridized carbons (Fsp3) is 0.0909. The maximum Gasteiger partial charge on any atom is 0.128 e. The number of hydrogen-bond acceptors (Lipinski definition) is 4. The molecule has 0 aliphatic rings. The summed E-state index contributed by atoms with van der Waals surface area (Å²) in [5.74, 6) is 0.779. The van der Waals surface area contributed by atoms with Crippen LogP contribution in [-0.2, 0) is 0 Å². The Labute approximate surface area is 162 Å². The zero-order chi connectivity index (χ0) is 18.8. The number of aryl methyl sites for hydroxylation is 1. The van der Waals surface area contributed by atoms with Gasteiger partial charge in [0.2, 0.25) is 0 Å². The smallest absolute Gasteiger partial charge is 0.128 e. The van der Waals surface area contributed by atoms with Gasteiger partial charge in [-0.2, -0.15) is 5.10 Å². The van der Waals surface area contributed by atoms with Crippen LogP contribution in [0.15, 0.2) is 65.8 Å². The maximum absolute atomic E-state index is 6.09. The van der Waals surface area contributed by atoms with Gasteiger partial charge in [-0.05, 0) is 48.0 Å². The van der Waals surface area contributed by atoms with Crippen LogP contribution in [0.3, 0.4) is 0 Å². The lowest BCUT2D eigenvalue weighted by molar-refractivity contribution is 0.415. The van der Waals surface area contributed by atoms with Crippen molar-refractivity contribution in [2.75, 3.05) is 12.5 Å². The van der Waals surface area contributed by atoms with Crippen LogP contribution < -0.4 is 10.2 Å². The van der Waals surface area contributed by atoms with E-state index in [1.807, 2.05) is 55.5 Å². The van der Waals surface area contributed by atoms with E-state index in [9.17, 15) is 0 Å². The number of pyridine rings is 1. The Morgan fingerprint density at radius 2 is 1.89 bits per heavy atom. The summed E-state index contributed by atoms with van der Waals surface area (Å²) in [6, 6.07) is 19.8. The van der Waals surface area contributed by atoms with Crippen LogP contribution in [0, 0.1) is 6.92 Å². The lowest BCUT2D eigenvalue weighted by Crippen LogP contribution is -1.97. The number of methoxy groups -OCH3 is 1. The third-order valence-corrected chi connectivity index (χ3v) is 4.66. The fourth-order valence-electron chi connectivity index (χ4n) is 3.18. The number of halogens is 1. The van der Waals surface area contributed by atoms with Gasteiger partial charge in [0.25, 0.3) is 0 Å². The molecular weight excluding hydrogens is 358 g/mol. The van der Waals surface area contributed by atoms with Gasteiger partial charge in [-0.15, -0.1) is 0 Å². The Kier molecular flexibility index (Phi) is 4.65. The molecule has 0 saturated carbocycles. The maximum atomic E-state index is 6.09. The standard InChI is InChI=1S/C22H18ClN3O/c1-14-11-21(18-9-8-16(23)12-20(18)25-14)26-24-13-19-17-6-4-3-5-15(17)7-10-22(19)27-2/h3-13H,1-2H3,(H,25,26)/b24-13+. The number of hydrazone groups is 1.